The number of carbonyl (C=O) groups is 4. The zero-order valence-electron chi connectivity index (χ0n) is 29.7. The monoisotopic (exact) mass is 749 g/mol. The lowest BCUT2D eigenvalue weighted by molar-refractivity contribution is -0.138. The van der Waals surface area contributed by atoms with E-state index < -0.39 is 52.6 Å². The number of methoxy groups -OCH3 is 2. The smallest absolute Gasteiger partial charge is 0.260 e. The fourth-order valence-electron chi connectivity index (χ4n) is 9.25. The van der Waals surface area contributed by atoms with Gasteiger partial charge in [0.1, 0.15) is 5.82 Å². The van der Waals surface area contributed by atoms with E-state index in [-0.39, 0.29) is 41.9 Å². The van der Waals surface area contributed by atoms with E-state index in [1.807, 2.05) is 25.1 Å². The average molecular weight is 750 g/mol. The second-order valence-corrected chi connectivity index (χ2v) is 14.6. The molecule has 2 aliphatic heterocycles. The van der Waals surface area contributed by atoms with Crippen molar-refractivity contribution in [2.75, 3.05) is 24.5 Å². The zero-order valence-corrected chi connectivity index (χ0v) is 30.5. The molecule has 0 aromatic heterocycles. The van der Waals surface area contributed by atoms with Crippen molar-refractivity contribution in [3.8, 4) is 17.2 Å². The maximum absolute atomic E-state index is 15.4. The number of phenols is 1. The molecule has 6 unspecified atom stereocenters. The molecule has 6 atom stereocenters. The number of amides is 4. The highest BCUT2D eigenvalue weighted by molar-refractivity contribution is 6.30. The minimum atomic E-state index is -1.61. The Hall–Kier alpha value is -5.68. The summed E-state index contributed by atoms with van der Waals surface area (Å²) in [7, 11) is 2.79. The van der Waals surface area contributed by atoms with Crippen molar-refractivity contribution >= 4 is 46.6 Å². The van der Waals surface area contributed by atoms with Crippen LogP contribution < -0.4 is 19.8 Å². The molecule has 3 fully saturated rings. The highest BCUT2D eigenvalue weighted by atomic mass is 35.5. The van der Waals surface area contributed by atoms with Crippen molar-refractivity contribution in [2.45, 2.75) is 37.5 Å². The lowest BCUT2D eigenvalue weighted by atomic mass is 9.49. The van der Waals surface area contributed by atoms with Crippen molar-refractivity contribution in [1.29, 1.82) is 0 Å². The van der Waals surface area contributed by atoms with Crippen LogP contribution in [0.3, 0.4) is 0 Å². The summed E-state index contributed by atoms with van der Waals surface area (Å²) in [6, 6.07) is 22.6. The van der Waals surface area contributed by atoms with E-state index in [1.54, 1.807) is 48.5 Å². The standard InChI is InChI=1S/C42H37ClFN3O7/c1-4-22-5-15-28(16-6-22)46-38(49)30-18-17-29-31(35(30)40(46)51)21-32-39(50)47(45-27-13-11-26(44)12-14-27)41(52)42(32,24-7-9-25(43)10-8-24)36(29)23-19-33(53-2)37(48)34(20-23)54-3/h5-17,19-20,30-32,35-36,45,48H,4,18,21H2,1-3H3. The number of fused-ring (bicyclic) bond motifs is 4. The number of aromatic hydroxyl groups is 1. The number of anilines is 2. The van der Waals surface area contributed by atoms with Crippen LogP contribution in [-0.2, 0) is 31.0 Å². The first-order chi connectivity index (χ1) is 26.0. The van der Waals surface area contributed by atoms with E-state index in [0.29, 0.717) is 33.1 Å². The van der Waals surface area contributed by atoms with Gasteiger partial charge in [0.2, 0.25) is 17.6 Å². The maximum atomic E-state index is 15.4. The van der Waals surface area contributed by atoms with Crippen LogP contribution in [0.4, 0.5) is 15.8 Å². The quantitative estimate of drug-likeness (QED) is 0.147. The fourth-order valence-corrected chi connectivity index (χ4v) is 9.37. The average Bonchev–Trinajstić information content (AvgIpc) is 3.56. The van der Waals surface area contributed by atoms with Crippen LogP contribution in [0.25, 0.3) is 0 Å². The summed E-state index contributed by atoms with van der Waals surface area (Å²) >= 11 is 6.39. The van der Waals surface area contributed by atoms with Gasteiger partial charge < -0.3 is 14.6 Å². The summed E-state index contributed by atoms with van der Waals surface area (Å²) in [5.41, 5.74) is 4.89. The number of phenolic OH excluding ortho intramolecular Hbond substituents is 1. The van der Waals surface area contributed by atoms with Gasteiger partial charge in [-0.25, -0.2) is 4.39 Å². The van der Waals surface area contributed by atoms with Crippen LogP contribution >= 0.6 is 11.6 Å². The van der Waals surface area contributed by atoms with Gasteiger partial charge in [0.15, 0.2) is 11.5 Å². The Balaban J connectivity index is 1.34. The number of nitrogens with zero attached hydrogens (tertiary/aromatic N) is 2. The largest absolute Gasteiger partial charge is 0.502 e. The third kappa shape index (κ3) is 5.20. The third-order valence-corrected chi connectivity index (χ3v) is 11.9. The molecule has 4 aromatic rings. The molecule has 276 valence electrons. The number of allylic oxidation sites excluding steroid dienone is 2. The van der Waals surface area contributed by atoms with Gasteiger partial charge in [-0.3, -0.25) is 29.5 Å². The molecule has 2 aliphatic carbocycles. The minimum absolute atomic E-state index is 0.0757. The lowest BCUT2D eigenvalue weighted by Gasteiger charge is -2.50. The number of hydrazine groups is 1. The van der Waals surface area contributed by atoms with Gasteiger partial charge >= 0.3 is 0 Å². The maximum Gasteiger partial charge on any atom is 0.260 e. The van der Waals surface area contributed by atoms with Crippen molar-refractivity contribution in [3.05, 3.63) is 124 Å². The van der Waals surface area contributed by atoms with Crippen molar-refractivity contribution < 1.29 is 38.1 Å². The first-order valence-electron chi connectivity index (χ1n) is 17.8. The molecule has 4 aliphatic rings. The second kappa shape index (κ2) is 13.3. The van der Waals surface area contributed by atoms with E-state index >= 15 is 4.79 Å². The van der Waals surface area contributed by atoms with Gasteiger partial charge in [-0.2, -0.15) is 5.01 Å². The molecule has 2 saturated heterocycles. The molecule has 2 N–H and O–H groups in total. The summed E-state index contributed by atoms with van der Waals surface area (Å²) in [5.74, 6) is -6.44. The molecule has 0 spiro atoms. The fraction of sp³-hybridized carbons (Fsp3) is 0.286. The number of carbonyl (C=O) groups excluding carboxylic acids is 4. The van der Waals surface area contributed by atoms with Crippen molar-refractivity contribution in [3.63, 3.8) is 0 Å². The highest BCUT2D eigenvalue weighted by Crippen LogP contribution is 2.65. The van der Waals surface area contributed by atoms with Crippen molar-refractivity contribution in [2.24, 2.45) is 23.7 Å². The Morgan fingerprint density at radius 2 is 1.52 bits per heavy atom. The molecule has 54 heavy (non-hydrogen) atoms. The Morgan fingerprint density at radius 1 is 0.870 bits per heavy atom. The first kappa shape index (κ1) is 35.4. The first-order valence-corrected chi connectivity index (χ1v) is 18.2. The molecule has 1 saturated carbocycles. The van der Waals surface area contributed by atoms with Gasteiger partial charge in [0.25, 0.3) is 11.8 Å². The molecular weight excluding hydrogens is 713 g/mol. The summed E-state index contributed by atoms with van der Waals surface area (Å²) in [4.78, 5) is 60.2. The van der Waals surface area contributed by atoms with Crippen LogP contribution in [0.2, 0.25) is 5.02 Å². The van der Waals surface area contributed by atoms with Gasteiger partial charge in [-0.15, -0.1) is 0 Å². The zero-order chi connectivity index (χ0) is 38.1. The van der Waals surface area contributed by atoms with Crippen LogP contribution in [0, 0.1) is 29.5 Å². The van der Waals surface area contributed by atoms with Crippen LogP contribution in [-0.4, -0.2) is 48.0 Å². The molecule has 12 heteroatoms. The third-order valence-electron chi connectivity index (χ3n) is 11.7. The van der Waals surface area contributed by atoms with Crippen LogP contribution in [0.15, 0.2) is 96.6 Å². The molecule has 0 radical (unpaired) electrons. The number of hydrogen-bond donors (Lipinski definition) is 2. The molecular formula is C42H37ClFN3O7. The topological polar surface area (TPSA) is 125 Å². The Kier molecular flexibility index (Phi) is 8.72. The summed E-state index contributed by atoms with van der Waals surface area (Å²) < 4.78 is 25.1. The second-order valence-electron chi connectivity index (χ2n) is 14.2. The van der Waals surface area contributed by atoms with Gasteiger partial charge in [0, 0.05) is 10.9 Å². The summed E-state index contributed by atoms with van der Waals surface area (Å²) in [5, 5.41) is 12.4. The van der Waals surface area contributed by atoms with Gasteiger partial charge in [0.05, 0.1) is 48.8 Å². The summed E-state index contributed by atoms with van der Waals surface area (Å²) in [6.07, 6.45) is 3.05. The number of imide groups is 2. The van der Waals surface area contributed by atoms with E-state index in [4.69, 9.17) is 21.1 Å². The lowest BCUT2D eigenvalue weighted by Crippen LogP contribution is -2.53. The van der Waals surface area contributed by atoms with E-state index in [1.165, 1.54) is 43.4 Å². The SMILES string of the molecule is CCc1ccc(N2C(=O)C3CC=C4C(CC5C(=O)N(Nc6ccc(F)cc6)C(=O)C5(c5ccc(Cl)cc5)C4c4cc(OC)c(O)c(OC)c4)C3C2=O)cc1. The Bertz CT molecular complexity index is 2200. The number of ether oxygens (including phenoxy) is 2. The minimum Gasteiger partial charge on any atom is -0.502 e. The molecule has 0 bridgehead atoms. The Morgan fingerprint density at radius 3 is 2.13 bits per heavy atom. The van der Waals surface area contributed by atoms with E-state index in [9.17, 15) is 23.9 Å². The highest BCUT2D eigenvalue weighted by Gasteiger charge is 2.70. The number of nitrogens with one attached hydrogen (secondary N) is 1. The molecule has 4 amide bonds. The van der Waals surface area contributed by atoms with Crippen molar-refractivity contribution in [1.82, 2.24) is 5.01 Å². The number of rotatable bonds is 8. The molecule has 2 heterocycles. The molecule has 10 nitrogen and oxygen atoms in total. The number of hydrogen-bond acceptors (Lipinski definition) is 8. The predicted molar refractivity (Wildman–Crippen MR) is 199 cm³/mol. The Labute approximate surface area is 316 Å². The van der Waals surface area contributed by atoms with E-state index in [0.717, 1.165) is 17.0 Å². The normalized spacial score (nSPS) is 25.9. The number of halogens is 2. The summed E-state index contributed by atoms with van der Waals surface area (Å²) in [6.45, 7) is 2.02. The molecule has 8 rings (SSSR count). The number of benzene rings is 4. The van der Waals surface area contributed by atoms with Gasteiger partial charge in [-0.05, 0) is 103 Å². The number of aryl methyl sites for hydroxylation is 1. The van der Waals surface area contributed by atoms with Crippen LogP contribution in [0.5, 0.6) is 17.2 Å². The molecule has 4 aromatic carbocycles. The van der Waals surface area contributed by atoms with Crippen LogP contribution in [0.1, 0.15) is 42.4 Å². The van der Waals surface area contributed by atoms with E-state index in [2.05, 4.69) is 5.43 Å². The van der Waals surface area contributed by atoms with Gasteiger partial charge in [-0.1, -0.05) is 54.4 Å². The predicted octanol–water partition coefficient (Wildman–Crippen LogP) is 6.95.